The van der Waals surface area contributed by atoms with Gasteiger partial charge in [0.15, 0.2) is 0 Å². The third kappa shape index (κ3) is 41.6. The summed E-state index contributed by atoms with van der Waals surface area (Å²) in [4.78, 5) is 26.0. The van der Waals surface area contributed by atoms with Gasteiger partial charge in [0, 0.05) is 6.42 Å². The molecule has 3 N–H and O–H groups in total. The number of ether oxygens (including phenoxy) is 1. The van der Waals surface area contributed by atoms with Gasteiger partial charge in [-0.1, -0.05) is 196 Å². The van der Waals surface area contributed by atoms with Crippen LogP contribution in [0.4, 0.5) is 0 Å². The summed E-state index contributed by atoms with van der Waals surface area (Å²) in [5.41, 5.74) is 0. The van der Waals surface area contributed by atoms with Crippen LogP contribution in [0, 0.1) is 0 Å². The van der Waals surface area contributed by atoms with E-state index in [0.29, 0.717) is 19.3 Å². The predicted molar refractivity (Wildman–Crippen MR) is 254 cm³/mol. The fourth-order valence-electron chi connectivity index (χ4n) is 6.80. The Morgan fingerprint density at radius 3 is 1.42 bits per heavy atom. The highest BCUT2D eigenvalue weighted by Crippen LogP contribution is 2.16. The Balaban J connectivity index is 4.67. The average molecular weight is 822 g/mol. The Hall–Kier alpha value is -2.96. The van der Waals surface area contributed by atoms with Gasteiger partial charge in [0.25, 0.3) is 0 Å². The summed E-state index contributed by atoms with van der Waals surface area (Å²) in [6.07, 6.45) is 59.4. The lowest BCUT2D eigenvalue weighted by atomic mass is 10.0. The van der Waals surface area contributed by atoms with Gasteiger partial charge in [-0.2, -0.15) is 0 Å². The zero-order chi connectivity index (χ0) is 43.1. The molecule has 0 heterocycles. The maximum absolute atomic E-state index is 13.1. The number of rotatable bonds is 42. The van der Waals surface area contributed by atoms with Crippen LogP contribution < -0.4 is 5.32 Å². The van der Waals surface area contributed by atoms with Gasteiger partial charge in [-0.3, -0.25) is 9.59 Å². The van der Waals surface area contributed by atoms with Gasteiger partial charge < -0.3 is 20.3 Å². The van der Waals surface area contributed by atoms with E-state index >= 15 is 0 Å². The van der Waals surface area contributed by atoms with Gasteiger partial charge in [-0.15, -0.1) is 0 Å². The van der Waals surface area contributed by atoms with Crippen LogP contribution in [0.25, 0.3) is 0 Å². The van der Waals surface area contributed by atoms with E-state index in [1.165, 1.54) is 70.6 Å². The molecule has 0 aliphatic carbocycles. The molecule has 0 bridgehead atoms. The molecule has 0 saturated carbocycles. The molecule has 3 unspecified atom stereocenters. The van der Waals surface area contributed by atoms with E-state index in [1.807, 2.05) is 6.08 Å². The van der Waals surface area contributed by atoms with E-state index in [4.69, 9.17) is 4.74 Å². The minimum Gasteiger partial charge on any atom is -0.462 e. The van der Waals surface area contributed by atoms with Crippen LogP contribution in [0.2, 0.25) is 0 Å². The molecular weight excluding hydrogens is 731 g/mol. The van der Waals surface area contributed by atoms with Crippen LogP contribution in [0.5, 0.6) is 0 Å². The summed E-state index contributed by atoms with van der Waals surface area (Å²) in [6.45, 7) is 6.29. The van der Waals surface area contributed by atoms with Crippen molar-refractivity contribution in [1.29, 1.82) is 0 Å². The highest BCUT2D eigenvalue weighted by atomic mass is 16.5. The van der Waals surface area contributed by atoms with E-state index < -0.39 is 18.2 Å². The first-order valence-electron chi connectivity index (χ1n) is 24.3. The Morgan fingerprint density at radius 2 is 0.915 bits per heavy atom. The average Bonchev–Trinajstić information content (AvgIpc) is 3.23. The van der Waals surface area contributed by atoms with Crippen molar-refractivity contribution in [3.05, 3.63) is 85.1 Å². The summed E-state index contributed by atoms with van der Waals surface area (Å²) in [7, 11) is 0. The minimum atomic E-state index is -0.806. The molecular formula is C53H91NO5. The molecule has 0 aromatic rings. The Kier molecular flexibility index (Phi) is 43.8. The van der Waals surface area contributed by atoms with E-state index in [2.05, 4.69) is 105 Å². The second kappa shape index (κ2) is 46.1. The number of esters is 1. The normalized spacial score (nSPS) is 14.1. The fourth-order valence-corrected chi connectivity index (χ4v) is 6.80. The summed E-state index contributed by atoms with van der Waals surface area (Å²) in [5.74, 6) is -0.598. The molecule has 59 heavy (non-hydrogen) atoms. The second-order valence-corrected chi connectivity index (χ2v) is 16.1. The molecule has 0 fully saturated rings. The summed E-state index contributed by atoms with van der Waals surface area (Å²) < 4.78 is 5.86. The molecule has 0 aromatic heterocycles. The van der Waals surface area contributed by atoms with E-state index in [9.17, 15) is 19.8 Å². The van der Waals surface area contributed by atoms with E-state index in [1.54, 1.807) is 0 Å². The van der Waals surface area contributed by atoms with E-state index in [0.717, 1.165) is 89.9 Å². The lowest BCUT2D eigenvalue weighted by molar-refractivity contribution is -0.150. The molecule has 6 heteroatoms. The van der Waals surface area contributed by atoms with Crippen molar-refractivity contribution >= 4 is 11.9 Å². The number of aliphatic hydroxyl groups excluding tert-OH is 2. The van der Waals surface area contributed by atoms with Crippen molar-refractivity contribution in [3.8, 4) is 0 Å². The van der Waals surface area contributed by atoms with Gasteiger partial charge in [0.1, 0.15) is 6.10 Å². The van der Waals surface area contributed by atoms with E-state index in [-0.39, 0.29) is 31.3 Å². The number of carbonyl (C=O) groups is 2. The van der Waals surface area contributed by atoms with Crippen LogP contribution in [0.3, 0.4) is 0 Å². The summed E-state index contributed by atoms with van der Waals surface area (Å²) >= 11 is 0. The van der Waals surface area contributed by atoms with Crippen molar-refractivity contribution in [3.63, 3.8) is 0 Å². The van der Waals surface area contributed by atoms with Gasteiger partial charge in [0.05, 0.1) is 25.2 Å². The number of allylic oxidation sites excluding steroid dienone is 14. The van der Waals surface area contributed by atoms with Crippen LogP contribution >= 0.6 is 0 Å². The van der Waals surface area contributed by atoms with Crippen LogP contribution in [0.15, 0.2) is 85.1 Å². The number of aliphatic hydroxyl groups is 2. The van der Waals surface area contributed by atoms with Gasteiger partial charge in [-0.05, 0) is 89.9 Å². The van der Waals surface area contributed by atoms with Crippen molar-refractivity contribution in [2.75, 3.05) is 6.61 Å². The smallest absolute Gasteiger partial charge is 0.306 e. The SMILES string of the molecule is CC/C=C\C/C=C\C/C=C\C/C=C\C/C=C\C/C=C\CCC(=O)OC(CCCCC/C=C\CCCCC)CC(=O)NC(CO)C(O)CCCCCCCCCCCCC. The zero-order valence-corrected chi connectivity index (χ0v) is 38.4. The first kappa shape index (κ1) is 56.0. The Morgan fingerprint density at radius 1 is 0.508 bits per heavy atom. The number of unbranched alkanes of at least 4 members (excludes halogenated alkanes) is 16. The van der Waals surface area contributed by atoms with Crippen LogP contribution in [-0.4, -0.2) is 46.9 Å². The Bertz CT molecular complexity index is 1150. The molecule has 0 aliphatic rings. The number of nitrogens with one attached hydrogen (secondary N) is 1. The first-order valence-corrected chi connectivity index (χ1v) is 24.3. The highest BCUT2D eigenvalue weighted by molar-refractivity contribution is 5.77. The molecule has 0 aromatic carbocycles. The standard InChI is InChI=1S/C53H91NO5/c1-4-7-10-13-16-19-22-23-24-25-26-27-28-29-31-34-37-40-43-46-53(58)59-49(44-41-38-35-32-21-18-15-12-9-6-3)47-52(57)54-50(48-55)51(56)45-42-39-36-33-30-20-17-14-11-8-5-2/h7,10,16,18-19,21,23-24,26-27,29,31,37,40,49-51,55-56H,4-6,8-9,11-15,17,20,22,25,28,30,32-36,38-39,41-48H2,1-3H3,(H,54,57)/b10-7-,19-16-,21-18-,24-23-,27-26-,31-29-,40-37-. The molecule has 0 rings (SSSR count). The molecule has 338 valence electrons. The molecule has 0 saturated heterocycles. The molecule has 0 aliphatic heterocycles. The van der Waals surface area contributed by atoms with Gasteiger partial charge in [-0.25, -0.2) is 0 Å². The van der Waals surface area contributed by atoms with Gasteiger partial charge >= 0.3 is 5.97 Å². The molecule has 1 amide bonds. The van der Waals surface area contributed by atoms with Crippen molar-refractivity contribution in [2.24, 2.45) is 0 Å². The zero-order valence-electron chi connectivity index (χ0n) is 38.4. The summed E-state index contributed by atoms with van der Waals surface area (Å²) in [5, 5.41) is 23.6. The molecule has 6 nitrogen and oxygen atoms in total. The minimum absolute atomic E-state index is 0.0324. The summed E-state index contributed by atoms with van der Waals surface area (Å²) in [6, 6.07) is -0.723. The maximum atomic E-state index is 13.1. The van der Waals surface area contributed by atoms with Gasteiger partial charge in [0.2, 0.25) is 5.91 Å². The van der Waals surface area contributed by atoms with Crippen molar-refractivity contribution in [2.45, 2.75) is 232 Å². The number of amides is 1. The van der Waals surface area contributed by atoms with Crippen molar-refractivity contribution < 1.29 is 24.5 Å². The quantitative estimate of drug-likeness (QED) is 0.0324. The second-order valence-electron chi connectivity index (χ2n) is 16.1. The predicted octanol–water partition coefficient (Wildman–Crippen LogP) is 14.4. The first-order chi connectivity index (χ1) is 29.0. The van der Waals surface area contributed by atoms with Crippen molar-refractivity contribution in [1.82, 2.24) is 5.32 Å². The third-order valence-electron chi connectivity index (χ3n) is 10.5. The lowest BCUT2D eigenvalue weighted by Crippen LogP contribution is -2.46. The highest BCUT2D eigenvalue weighted by Gasteiger charge is 2.24. The van der Waals surface area contributed by atoms with Crippen LogP contribution in [-0.2, 0) is 14.3 Å². The number of carbonyl (C=O) groups excluding carboxylic acids is 2. The number of hydrogen-bond donors (Lipinski definition) is 3. The molecule has 0 spiro atoms. The maximum Gasteiger partial charge on any atom is 0.306 e. The third-order valence-corrected chi connectivity index (χ3v) is 10.5. The largest absolute Gasteiger partial charge is 0.462 e. The van der Waals surface area contributed by atoms with Crippen LogP contribution in [0.1, 0.15) is 213 Å². The number of hydrogen-bond acceptors (Lipinski definition) is 5. The fraction of sp³-hybridized carbons (Fsp3) is 0.698. The molecule has 0 radical (unpaired) electrons. The topological polar surface area (TPSA) is 95.9 Å². The Labute approximate surface area is 363 Å². The monoisotopic (exact) mass is 822 g/mol. The lowest BCUT2D eigenvalue weighted by Gasteiger charge is -2.24. The molecule has 3 atom stereocenters.